The van der Waals surface area contributed by atoms with Gasteiger partial charge in [0.05, 0.1) is 37.9 Å². The molecule has 0 spiro atoms. The Kier molecular flexibility index (Phi) is 10.2. The van der Waals surface area contributed by atoms with E-state index < -0.39 is 29.2 Å². The number of piperazine rings is 1. The standard InChI is InChI=1S/C46H54FN7O7/c1-9-27-11-10-12-28-21-29(48-42(55)60-44(3,4)5)22-31(33(27)28)36-35(47)37-34-39(51-41(50-37)58-25-46(15-16-46)24-52-17-19-57-20-18-52)53-23-30-13-14-32(38(53)26(2)59-40(34)49-36)54(30)43(56)61-45(6,7)8/h1,10-12,21-22,26,30,32,38H,13-20,23-25H2,2-8H3,(H,48,55)/t26-,30+,32-,38+/m0/s1. The molecule has 9 rings (SSSR count). The van der Waals surface area contributed by atoms with E-state index in [4.69, 9.17) is 45.1 Å². The summed E-state index contributed by atoms with van der Waals surface area (Å²) in [7, 11) is 0. The van der Waals surface area contributed by atoms with Gasteiger partial charge in [0.2, 0.25) is 5.88 Å². The van der Waals surface area contributed by atoms with E-state index in [2.05, 4.69) is 21.0 Å². The molecule has 2 amide bonds. The lowest BCUT2D eigenvalue weighted by molar-refractivity contribution is 0.000917. The maximum Gasteiger partial charge on any atom is 0.412 e. The predicted octanol–water partition coefficient (Wildman–Crippen LogP) is 7.54. The van der Waals surface area contributed by atoms with Crippen LogP contribution in [0.15, 0.2) is 30.3 Å². The molecule has 2 aromatic carbocycles. The summed E-state index contributed by atoms with van der Waals surface area (Å²) in [6, 6.07) is 8.03. The molecule has 0 unspecified atom stereocenters. The molecule has 3 saturated heterocycles. The van der Waals surface area contributed by atoms with Crippen molar-refractivity contribution in [3.8, 4) is 35.5 Å². The summed E-state index contributed by atoms with van der Waals surface area (Å²) in [5.41, 5.74) is -0.411. The molecule has 1 saturated carbocycles. The van der Waals surface area contributed by atoms with Crippen LogP contribution in [0.4, 0.5) is 25.5 Å². The first-order valence-electron chi connectivity index (χ1n) is 21.3. The van der Waals surface area contributed by atoms with Gasteiger partial charge in [0.25, 0.3) is 0 Å². The average molecular weight is 836 g/mol. The molecule has 61 heavy (non-hydrogen) atoms. The van der Waals surface area contributed by atoms with Crippen LogP contribution in [0.2, 0.25) is 0 Å². The Bertz CT molecular complexity index is 2450. The van der Waals surface area contributed by atoms with Crippen molar-refractivity contribution in [2.24, 2.45) is 5.41 Å². The Morgan fingerprint density at radius 2 is 1.77 bits per heavy atom. The van der Waals surface area contributed by atoms with E-state index in [9.17, 15) is 9.59 Å². The third kappa shape index (κ3) is 7.96. The molecule has 4 atom stereocenters. The van der Waals surface area contributed by atoms with Gasteiger partial charge >= 0.3 is 18.2 Å². The molecule has 6 heterocycles. The van der Waals surface area contributed by atoms with E-state index in [1.54, 1.807) is 45.0 Å². The van der Waals surface area contributed by atoms with Gasteiger partial charge in [-0.1, -0.05) is 18.1 Å². The number of nitrogens with zero attached hydrogens (tertiary/aromatic N) is 6. The zero-order valence-corrected chi connectivity index (χ0v) is 36.0. The number of carbonyl (C=O) groups is 2. The predicted molar refractivity (Wildman–Crippen MR) is 229 cm³/mol. The largest absolute Gasteiger partial charge is 0.472 e. The van der Waals surface area contributed by atoms with Crippen LogP contribution in [0.1, 0.15) is 79.7 Å². The molecule has 322 valence electrons. The molecule has 14 nitrogen and oxygen atoms in total. The number of morpholine rings is 1. The number of terminal acetylenes is 1. The summed E-state index contributed by atoms with van der Waals surface area (Å²) < 4.78 is 48.2. The number of ether oxygens (including phenoxy) is 5. The number of nitrogens with one attached hydrogen (secondary N) is 1. The quantitative estimate of drug-likeness (QED) is 0.184. The Balaban J connectivity index is 1.18. The molecule has 5 aliphatic rings. The Hall–Kier alpha value is -5.46. The fourth-order valence-corrected chi connectivity index (χ4v) is 9.47. The minimum atomic E-state index is -0.753. The van der Waals surface area contributed by atoms with Crippen LogP contribution in [0, 0.1) is 23.6 Å². The number of rotatable bonds is 7. The van der Waals surface area contributed by atoms with Crippen molar-refractivity contribution in [2.75, 3.05) is 56.2 Å². The number of carbonyl (C=O) groups excluding carboxylic acids is 2. The summed E-state index contributed by atoms with van der Waals surface area (Å²) in [6.07, 6.45) is 7.96. The third-order valence-corrected chi connectivity index (χ3v) is 12.2. The first-order valence-corrected chi connectivity index (χ1v) is 21.3. The van der Waals surface area contributed by atoms with Gasteiger partial charge in [-0.05, 0) is 97.7 Å². The van der Waals surface area contributed by atoms with Crippen LogP contribution >= 0.6 is 0 Å². The van der Waals surface area contributed by atoms with Gasteiger partial charge in [0.1, 0.15) is 39.7 Å². The maximum atomic E-state index is 17.8. The molecule has 4 aliphatic heterocycles. The zero-order valence-electron chi connectivity index (χ0n) is 36.0. The summed E-state index contributed by atoms with van der Waals surface area (Å²) in [6.45, 7) is 17.6. The molecule has 1 aliphatic carbocycles. The van der Waals surface area contributed by atoms with Crippen molar-refractivity contribution in [3.05, 3.63) is 41.7 Å². The van der Waals surface area contributed by atoms with Crippen molar-refractivity contribution in [1.82, 2.24) is 24.8 Å². The third-order valence-electron chi connectivity index (χ3n) is 12.2. The van der Waals surface area contributed by atoms with Crippen molar-refractivity contribution in [3.63, 3.8) is 0 Å². The second-order valence-corrected chi connectivity index (χ2v) is 19.2. The number of hydrogen-bond donors (Lipinski definition) is 1. The van der Waals surface area contributed by atoms with Gasteiger partial charge in [-0.3, -0.25) is 15.1 Å². The number of halogens is 1. The molecule has 2 bridgehead atoms. The highest BCUT2D eigenvalue weighted by Gasteiger charge is 2.54. The summed E-state index contributed by atoms with van der Waals surface area (Å²) >= 11 is 0. The fourth-order valence-electron chi connectivity index (χ4n) is 9.47. The van der Waals surface area contributed by atoms with Gasteiger partial charge in [0.15, 0.2) is 5.82 Å². The van der Waals surface area contributed by atoms with Gasteiger partial charge < -0.3 is 28.6 Å². The van der Waals surface area contributed by atoms with Crippen LogP contribution in [0.3, 0.4) is 0 Å². The highest BCUT2D eigenvalue weighted by Crippen LogP contribution is 2.49. The van der Waals surface area contributed by atoms with Crippen molar-refractivity contribution in [2.45, 2.75) is 110 Å². The minimum Gasteiger partial charge on any atom is -0.472 e. The first kappa shape index (κ1) is 40.9. The number of hydrogen-bond acceptors (Lipinski definition) is 12. The SMILES string of the molecule is C#Cc1cccc2cc(NC(=O)OC(C)(C)C)cc(-c3nc4c5c(nc(OCC6(CN7CCOCC7)CC6)nc5c3F)N3C[C@H]5CC[C@@H]([C@H]3[C@H](C)O4)N5C(=O)OC(C)(C)C)c12. The molecule has 15 heteroatoms. The second-order valence-electron chi connectivity index (χ2n) is 19.2. The molecular formula is C46H54FN7O7. The fraction of sp³-hybridized carbons (Fsp3) is 0.543. The molecular weight excluding hydrogens is 782 g/mol. The van der Waals surface area contributed by atoms with Crippen molar-refractivity contribution < 1.29 is 37.7 Å². The van der Waals surface area contributed by atoms with Gasteiger partial charge in [-0.2, -0.15) is 9.97 Å². The zero-order chi connectivity index (χ0) is 43.0. The second kappa shape index (κ2) is 15.2. The monoisotopic (exact) mass is 835 g/mol. The van der Waals surface area contributed by atoms with Crippen LogP contribution < -0.4 is 19.7 Å². The minimum absolute atomic E-state index is 0.0235. The number of benzene rings is 2. The van der Waals surface area contributed by atoms with Crippen LogP contribution in [-0.4, -0.2) is 118 Å². The lowest BCUT2D eigenvalue weighted by Crippen LogP contribution is -2.65. The van der Waals surface area contributed by atoms with E-state index in [1.165, 1.54) is 0 Å². The van der Waals surface area contributed by atoms with E-state index in [0.717, 1.165) is 45.3 Å². The number of fused-ring (bicyclic) bond motifs is 6. The topological polar surface area (TPSA) is 141 Å². The maximum absolute atomic E-state index is 17.8. The average Bonchev–Trinajstić information content (AvgIpc) is 3.91. The van der Waals surface area contributed by atoms with E-state index >= 15 is 4.39 Å². The number of pyridine rings is 1. The van der Waals surface area contributed by atoms with Gasteiger partial charge in [0, 0.05) is 53.8 Å². The molecule has 4 aromatic rings. The summed E-state index contributed by atoms with van der Waals surface area (Å²) in [5.74, 6) is 2.60. The van der Waals surface area contributed by atoms with E-state index in [1.807, 2.05) is 38.7 Å². The first-order chi connectivity index (χ1) is 29.0. The van der Waals surface area contributed by atoms with Gasteiger partial charge in [-0.15, -0.1) is 6.42 Å². The van der Waals surface area contributed by atoms with E-state index in [0.29, 0.717) is 65.2 Å². The van der Waals surface area contributed by atoms with Crippen LogP contribution in [0.5, 0.6) is 11.9 Å². The molecule has 1 N–H and O–H groups in total. The highest BCUT2D eigenvalue weighted by atomic mass is 19.1. The smallest absolute Gasteiger partial charge is 0.412 e. The lowest BCUT2D eigenvalue weighted by Gasteiger charge is -2.48. The highest BCUT2D eigenvalue weighted by molar-refractivity contribution is 6.06. The number of aromatic nitrogens is 3. The number of amides is 2. The summed E-state index contributed by atoms with van der Waals surface area (Å²) in [4.78, 5) is 48.0. The number of anilines is 2. The Morgan fingerprint density at radius 1 is 1.02 bits per heavy atom. The molecule has 2 aromatic heterocycles. The van der Waals surface area contributed by atoms with Gasteiger partial charge in [-0.25, -0.2) is 19.0 Å². The lowest BCUT2D eigenvalue weighted by atomic mass is 9.95. The molecule has 4 fully saturated rings. The molecule has 0 radical (unpaired) electrons. The van der Waals surface area contributed by atoms with Crippen molar-refractivity contribution in [1.29, 1.82) is 0 Å². The van der Waals surface area contributed by atoms with E-state index in [-0.39, 0.29) is 52.7 Å². The van der Waals surface area contributed by atoms with Crippen molar-refractivity contribution >= 4 is 45.4 Å². The Morgan fingerprint density at radius 3 is 2.48 bits per heavy atom. The normalized spacial score (nSPS) is 23.1. The van der Waals surface area contributed by atoms with Crippen LogP contribution in [-0.2, 0) is 14.2 Å². The Labute approximate surface area is 355 Å². The van der Waals surface area contributed by atoms with Crippen LogP contribution in [0.25, 0.3) is 32.9 Å². The summed E-state index contributed by atoms with van der Waals surface area (Å²) in [5, 5.41) is 4.34.